The Bertz CT molecular complexity index is 682. The third-order valence-corrected chi connectivity index (χ3v) is 4.29. The summed E-state index contributed by atoms with van der Waals surface area (Å²) in [6.45, 7) is 5.45. The third kappa shape index (κ3) is 5.49. The molecule has 1 atom stereocenters. The number of imide groups is 1. The standard InChI is InChI=1S/C19H24FNO4S/c1-19(2,3)25-18(23)21-15(9-10-26-4)16(11-17(21)22)24-12-13-5-7-14(20)8-6-13/h5-8,11,15H,9-10,12H2,1-4H3. The van der Waals surface area contributed by atoms with Gasteiger partial charge in [-0.05, 0) is 56.9 Å². The monoisotopic (exact) mass is 381 g/mol. The Morgan fingerprint density at radius 3 is 2.50 bits per heavy atom. The second kappa shape index (κ2) is 8.58. The molecule has 0 aliphatic carbocycles. The molecule has 1 aromatic rings. The number of benzene rings is 1. The molecule has 5 nitrogen and oxygen atoms in total. The molecule has 0 spiro atoms. The number of rotatable bonds is 6. The minimum Gasteiger partial charge on any atom is -0.491 e. The van der Waals surface area contributed by atoms with Gasteiger partial charge in [-0.3, -0.25) is 4.79 Å². The number of nitrogens with zero attached hydrogens (tertiary/aromatic N) is 1. The first-order valence-electron chi connectivity index (χ1n) is 8.35. The summed E-state index contributed by atoms with van der Waals surface area (Å²) in [6.07, 6.45) is 3.18. The molecule has 0 fully saturated rings. The molecule has 1 unspecified atom stereocenters. The zero-order valence-corrected chi connectivity index (χ0v) is 16.3. The summed E-state index contributed by atoms with van der Waals surface area (Å²) < 4.78 is 24.1. The zero-order chi connectivity index (χ0) is 19.3. The van der Waals surface area contributed by atoms with Crippen LogP contribution < -0.4 is 0 Å². The fourth-order valence-corrected chi connectivity index (χ4v) is 2.94. The van der Waals surface area contributed by atoms with Crippen LogP contribution in [0.25, 0.3) is 0 Å². The van der Waals surface area contributed by atoms with E-state index in [-0.39, 0.29) is 12.4 Å². The van der Waals surface area contributed by atoms with Crippen LogP contribution in [0.15, 0.2) is 36.1 Å². The van der Waals surface area contributed by atoms with E-state index in [9.17, 15) is 14.0 Å². The molecule has 1 aliphatic rings. The molecule has 0 saturated heterocycles. The predicted octanol–water partition coefficient (Wildman–Crippen LogP) is 4.13. The van der Waals surface area contributed by atoms with Gasteiger partial charge in [0.1, 0.15) is 29.8 Å². The summed E-state index contributed by atoms with van der Waals surface area (Å²) in [4.78, 5) is 25.9. The van der Waals surface area contributed by atoms with E-state index in [0.717, 1.165) is 16.2 Å². The van der Waals surface area contributed by atoms with Crippen molar-refractivity contribution < 1.29 is 23.5 Å². The van der Waals surface area contributed by atoms with Crippen molar-refractivity contribution in [1.29, 1.82) is 0 Å². The van der Waals surface area contributed by atoms with E-state index in [0.29, 0.717) is 12.2 Å². The average molecular weight is 381 g/mol. The Hall–Kier alpha value is -2.02. The van der Waals surface area contributed by atoms with E-state index < -0.39 is 23.6 Å². The first-order chi connectivity index (χ1) is 12.2. The molecule has 0 N–H and O–H groups in total. The molecule has 0 aromatic heterocycles. The van der Waals surface area contributed by atoms with Gasteiger partial charge in [0, 0.05) is 6.08 Å². The highest BCUT2D eigenvalue weighted by Gasteiger charge is 2.40. The van der Waals surface area contributed by atoms with Crippen LogP contribution in [-0.2, 0) is 20.9 Å². The molecule has 0 bridgehead atoms. The van der Waals surface area contributed by atoms with Crippen molar-refractivity contribution in [2.75, 3.05) is 12.0 Å². The van der Waals surface area contributed by atoms with Crippen molar-refractivity contribution in [3.63, 3.8) is 0 Å². The van der Waals surface area contributed by atoms with E-state index in [2.05, 4.69) is 0 Å². The van der Waals surface area contributed by atoms with Gasteiger partial charge < -0.3 is 9.47 Å². The molecule has 1 heterocycles. The second-order valence-corrected chi connectivity index (χ2v) is 7.93. The number of halogens is 1. The van der Waals surface area contributed by atoms with Crippen LogP contribution in [0.1, 0.15) is 32.8 Å². The van der Waals surface area contributed by atoms with Crippen molar-refractivity contribution in [3.8, 4) is 0 Å². The lowest BCUT2D eigenvalue weighted by atomic mass is 10.2. The molecule has 7 heteroatoms. The van der Waals surface area contributed by atoms with E-state index in [1.165, 1.54) is 18.2 Å². The minimum absolute atomic E-state index is 0.192. The van der Waals surface area contributed by atoms with Crippen LogP contribution in [-0.4, -0.2) is 40.6 Å². The number of amides is 2. The molecule has 1 aliphatic heterocycles. The van der Waals surface area contributed by atoms with Crippen LogP contribution in [0.2, 0.25) is 0 Å². The van der Waals surface area contributed by atoms with Gasteiger partial charge in [-0.15, -0.1) is 0 Å². The molecule has 142 valence electrons. The lowest BCUT2D eigenvalue weighted by molar-refractivity contribution is -0.125. The Morgan fingerprint density at radius 2 is 1.92 bits per heavy atom. The third-order valence-electron chi connectivity index (χ3n) is 3.65. The maximum absolute atomic E-state index is 13.0. The second-order valence-electron chi connectivity index (χ2n) is 6.95. The first kappa shape index (κ1) is 20.3. The van der Waals surface area contributed by atoms with Gasteiger partial charge in [0.25, 0.3) is 5.91 Å². The number of carbonyl (C=O) groups excluding carboxylic acids is 2. The molecule has 1 aromatic carbocycles. The lowest BCUT2D eigenvalue weighted by Crippen LogP contribution is -2.44. The van der Waals surface area contributed by atoms with E-state index >= 15 is 0 Å². The van der Waals surface area contributed by atoms with Crippen molar-refractivity contribution in [1.82, 2.24) is 4.90 Å². The van der Waals surface area contributed by atoms with Crippen LogP contribution in [0.5, 0.6) is 0 Å². The summed E-state index contributed by atoms with van der Waals surface area (Å²) in [5, 5.41) is 0. The number of carbonyl (C=O) groups is 2. The predicted molar refractivity (Wildman–Crippen MR) is 99.1 cm³/mol. The Balaban J connectivity index is 2.11. The van der Waals surface area contributed by atoms with Crippen molar-refractivity contribution in [3.05, 3.63) is 47.5 Å². The number of ether oxygens (including phenoxy) is 2. The van der Waals surface area contributed by atoms with Crippen molar-refractivity contribution >= 4 is 23.8 Å². The minimum atomic E-state index is -0.695. The Kier molecular flexibility index (Phi) is 6.69. The highest BCUT2D eigenvalue weighted by molar-refractivity contribution is 7.98. The van der Waals surface area contributed by atoms with E-state index in [4.69, 9.17) is 9.47 Å². The average Bonchev–Trinajstić information content (AvgIpc) is 2.86. The Morgan fingerprint density at radius 1 is 1.27 bits per heavy atom. The van der Waals surface area contributed by atoms with Crippen molar-refractivity contribution in [2.45, 2.75) is 45.4 Å². The SMILES string of the molecule is CSCCC1C(OCc2ccc(F)cc2)=CC(=O)N1C(=O)OC(C)(C)C. The van der Waals surface area contributed by atoms with Gasteiger partial charge >= 0.3 is 6.09 Å². The summed E-state index contributed by atoms with van der Waals surface area (Å²) in [7, 11) is 0. The van der Waals surface area contributed by atoms with Gasteiger partial charge in [-0.25, -0.2) is 14.1 Å². The maximum Gasteiger partial charge on any atom is 0.418 e. The maximum atomic E-state index is 13.0. The largest absolute Gasteiger partial charge is 0.491 e. The number of hydrogen-bond donors (Lipinski definition) is 0. The highest BCUT2D eigenvalue weighted by Crippen LogP contribution is 2.27. The molecule has 0 saturated carbocycles. The molecular weight excluding hydrogens is 357 g/mol. The summed E-state index contributed by atoms with van der Waals surface area (Å²) in [5.41, 5.74) is 0.0816. The van der Waals surface area contributed by atoms with Gasteiger partial charge in [0.2, 0.25) is 0 Å². The summed E-state index contributed by atoms with van der Waals surface area (Å²) in [6, 6.07) is 5.45. The van der Waals surface area contributed by atoms with Gasteiger partial charge in [0.15, 0.2) is 0 Å². The summed E-state index contributed by atoms with van der Waals surface area (Å²) in [5.74, 6) is 0.422. The van der Waals surface area contributed by atoms with E-state index in [1.807, 2.05) is 6.26 Å². The quantitative estimate of drug-likeness (QED) is 0.742. The highest BCUT2D eigenvalue weighted by atomic mass is 32.2. The smallest absolute Gasteiger partial charge is 0.418 e. The van der Waals surface area contributed by atoms with Gasteiger partial charge in [-0.2, -0.15) is 11.8 Å². The number of hydrogen-bond acceptors (Lipinski definition) is 5. The lowest BCUT2D eigenvalue weighted by Gasteiger charge is -2.28. The number of thioether (sulfide) groups is 1. The van der Waals surface area contributed by atoms with Crippen LogP contribution in [0.4, 0.5) is 9.18 Å². The normalized spacial score (nSPS) is 17.3. The Labute approximate surface area is 157 Å². The molecular formula is C19H24FNO4S. The van der Waals surface area contributed by atoms with Crippen LogP contribution in [0, 0.1) is 5.82 Å². The zero-order valence-electron chi connectivity index (χ0n) is 15.5. The fourth-order valence-electron chi connectivity index (χ4n) is 2.48. The molecule has 2 rings (SSSR count). The topological polar surface area (TPSA) is 55.8 Å². The molecule has 26 heavy (non-hydrogen) atoms. The van der Waals surface area contributed by atoms with Crippen LogP contribution >= 0.6 is 11.8 Å². The fraction of sp³-hybridized carbons (Fsp3) is 0.474. The molecule has 2 amide bonds. The first-order valence-corrected chi connectivity index (χ1v) is 9.74. The molecule has 0 radical (unpaired) electrons. The summed E-state index contributed by atoms with van der Waals surface area (Å²) >= 11 is 1.62. The van der Waals surface area contributed by atoms with Crippen LogP contribution in [0.3, 0.4) is 0 Å². The van der Waals surface area contributed by atoms with Gasteiger partial charge in [0.05, 0.1) is 0 Å². The van der Waals surface area contributed by atoms with E-state index in [1.54, 1.807) is 44.7 Å². The van der Waals surface area contributed by atoms with Gasteiger partial charge in [-0.1, -0.05) is 12.1 Å². The van der Waals surface area contributed by atoms with Crippen molar-refractivity contribution in [2.24, 2.45) is 0 Å².